The molecule has 0 bridgehead atoms. The Labute approximate surface area is 169 Å². The predicted octanol–water partition coefficient (Wildman–Crippen LogP) is 4.21. The van der Waals surface area contributed by atoms with Crippen molar-refractivity contribution in [1.82, 2.24) is 4.90 Å². The van der Waals surface area contributed by atoms with E-state index in [2.05, 4.69) is 30.6 Å². The van der Waals surface area contributed by atoms with Gasteiger partial charge in [0.15, 0.2) is 0 Å². The molecule has 1 saturated heterocycles. The minimum absolute atomic E-state index is 0.104. The number of nitrogens with zero attached hydrogens (tertiary/aromatic N) is 1. The molecule has 0 aromatic heterocycles. The molecule has 4 unspecified atom stereocenters. The van der Waals surface area contributed by atoms with Crippen molar-refractivity contribution in [3.63, 3.8) is 0 Å². The lowest BCUT2D eigenvalue weighted by Crippen LogP contribution is -2.62. The van der Waals surface area contributed by atoms with Gasteiger partial charge >= 0.3 is 0 Å². The van der Waals surface area contributed by atoms with E-state index in [0.717, 1.165) is 38.5 Å². The van der Waals surface area contributed by atoms with Crippen LogP contribution < -0.4 is 0 Å². The van der Waals surface area contributed by atoms with Gasteiger partial charge in [0.2, 0.25) is 5.91 Å². The normalized spacial score (nSPS) is 48.9. The van der Waals surface area contributed by atoms with E-state index in [1.165, 1.54) is 6.42 Å². The SMILES string of the molecule is CN1C(=O)CC[C@]2(C)C3CC[C@@]4(C)C(CC[C@@]4(O)C#CCCCl)C3CCC12. The number of piperidine rings is 1. The van der Waals surface area contributed by atoms with E-state index in [1.807, 2.05) is 7.05 Å². The van der Waals surface area contributed by atoms with Crippen LogP contribution in [0, 0.1) is 40.4 Å². The van der Waals surface area contributed by atoms with E-state index in [-0.39, 0.29) is 10.8 Å². The van der Waals surface area contributed by atoms with Gasteiger partial charge in [-0.2, -0.15) is 0 Å². The van der Waals surface area contributed by atoms with E-state index in [0.29, 0.717) is 48.4 Å². The highest BCUT2D eigenvalue weighted by atomic mass is 35.5. The van der Waals surface area contributed by atoms with Gasteiger partial charge in [-0.15, -0.1) is 11.6 Å². The number of fused-ring (bicyclic) bond motifs is 5. The van der Waals surface area contributed by atoms with E-state index in [9.17, 15) is 9.90 Å². The van der Waals surface area contributed by atoms with Crippen LogP contribution in [-0.2, 0) is 4.79 Å². The van der Waals surface area contributed by atoms with Gasteiger partial charge in [0.25, 0.3) is 0 Å². The smallest absolute Gasteiger partial charge is 0.222 e. The lowest BCUT2D eigenvalue weighted by molar-refractivity contribution is -0.163. The number of likely N-dealkylation sites (tertiary alicyclic amines) is 1. The molecule has 4 aliphatic rings. The Morgan fingerprint density at radius 1 is 1.15 bits per heavy atom. The van der Waals surface area contributed by atoms with Crippen LogP contribution in [0.15, 0.2) is 0 Å². The van der Waals surface area contributed by atoms with Gasteiger partial charge in [0, 0.05) is 37.2 Å². The molecule has 0 radical (unpaired) electrons. The Kier molecular flexibility index (Phi) is 4.84. The zero-order valence-electron chi connectivity index (χ0n) is 17.1. The van der Waals surface area contributed by atoms with E-state index in [4.69, 9.17) is 11.6 Å². The highest BCUT2D eigenvalue weighted by molar-refractivity contribution is 6.18. The summed E-state index contributed by atoms with van der Waals surface area (Å²) in [4.78, 5) is 14.3. The average Bonchev–Trinajstić information content (AvgIpc) is 2.90. The van der Waals surface area contributed by atoms with Crippen molar-refractivity contribution in [2.24, 2.45) is 28.6 Å². The molecule has 4 heteroatoms. The molecule has 4 fully saturated rings. The second kappa shape index (κ2) is 6.67. The second-order valence-corrected chi connectivity index (χ2v) is 10.5. The topological polar surface area (TPSA) is 40.5 Å². The molecule has 0 aromatic carbocycles. The Bertz CT molecular complexity index is 684. The number of aliphatic hydroxyl groups is 1. The zero-order valence-corrected chi connectivity index (χ0v) is 17.8. The molecule has 1 amide bonds. The monoisotopic (exact) mass is 391 g/mol. The number of carbonyl (C=O) groups excluding carboxylic acids is 1. The van der Waals surface area contributed by atoms with Crippen LogP contribution in [0.4, 0.5) is 0 Å². The summed E-state index contributed by atoms with van der Waals surface area (Å²) in [5.74, 6) is 9.10. The molecule has 1 N–H and O–H groups in total. The molecule has 1 aliphatic heterocycles. The van der Waals surface area contributed by atoms with E-state index >= 15 is 0 Å². The first kappa shape index (κ1) is 19.6. The fourth-order valence-electron chi connectivity index (χ4n) is 7.63. The molecule has 0 aromatic rings. The van der Waals surface area contributed by atoms with Gasteiger partial charge in [-0.1, -0.05) is 25.7 Å². The van der Waals surface area contributed by atoms with Crippen LogP contribution in [-0.4, -0.2) is 40.5 Å². The quantitative estimate of drug-likeness (QED) is 0.537. The first-order valence-corrected chi connectivity index (χ1v) is 11.3. The van der Waals surface area contributed by atoms with Crippen LogP contribution >= 0.6 is 11.6 Å². The van der Waals surface area contributed by atoms with E-state index in [1.54, 1.807) is 0 Å². The van der Waals surface area contributed by atoms with Gasteiger partial charge < -0.3 is 10.0 Å². The Hall–Kier alpha value is -0.720. The van der Waals surface area contributed by atoms with Crippen molar-refractivity contribution < 1.29 is 9.90 Å². The number of hydrogen-bond acceptors (Lipinski definition) is 2. The largest absolute Gasteiger partial charge is 0.377 e. The molecular weight excluding hydrogens is 358 g/mol. The number of amides is 1. The van der Waals surface area contributed by atoms with Crippen LogP contribution in [0.3, 0.4) is 0 Å². The summed E-state index contributed by atoms with van der Waals surface area (Å²) in [7, 11) is 2.01. The summed E-state index contributed by atoms with van der Waals surface area (Å²) in [6.45, 7) is 4.74. The van der Waals surface area contributed by atoms with Crippen molar-refractivity contribution in [2.45, 2.75) is 83.3 Å². The molecular formula is C23H34ClNO2. The van der Waals surface area contributed by atoms with Gasteiger partial charge in [-0.05, 0) is 68.1 Å². The molecule has 4 rings (SSSR count). The van der Waals surface area contributed by atoms with E-state index < -0.39 is 5.60 Å². The van der Waals surface area contributed by atoms with Crippen molar-refractivity contribution >= 4 is 17.5 Å². The summed E-state index contributed by atoms with van der Waals surface area (Å²) < 4.78 is 0. The second-order valence-electron chi connectivity index (χ2n) is 10.1. The predicted molar refractivity (Wildman–Crippen MR) is 108 cm³/mol. The molecule has 0 spiro atoms. The first-order chi connectivity index (χ1) is 12.8. The van der Waals surface area contributed by atoms with Crippen LogP contribution in [0.1, 0.15) is 71.6 Å². The number of halogens is 1. The maximum atomic E-state index is 12.3. The number of alkyl halides is 1. The molecule has 27 heavy (non-hydrogen) atoms. The van der Waals surface area contributed by atoms with Crippen LogP contribution in [0.2, 0.25) is 0 Å². The summed E-state index contributed by atoms with van der Waals surface area (Å²) in [5.41, 5.74) is -0.725. The summed E-state index contributed by atoms with van der Waals surface area (Å²) in [6, 6.07) is 0.396. The summed E-state index contributed by atoms with van der Waals surface area (Å²) in [5, 5.41) is 11.5. The maximum Gasteiger partial charge on any atom is 0.222 e. The molecule has 3 nitrogen and oxygen atoms in total. The Morgan fingerprint density at radius 3 is 2.63 bits per heavy atom. The highest BCUT2D eigenvalue weighted by Crippen LogP contribution is 2.66. The molecule has 150 valence electrons. The lowest BCUT2D eigenvalue weighted by atomic mass is 9.46. The fourth-order valence-corrected chi connectivity index (χ4v) is 7.72. The third-order valence-electron chi connectivity index (χ3n) is 9.22. The van der Waals surface area contributed by atoms with Gasteiger partial charge in [0.05, 0.1) is 0 Å². The van der Waals surface area contributed by atoms with Crippen molar-refractivity contribution in [1.29, 1.82) is 0 Å². The third kappa shape index (κ3) is 2.70. The molecule has 3 aliphatic carbocycles. The minimum Gasteiger partial charge on any atom is -0.377 e. The zero-order chi connectivity index (χ0) is 19.4. The van der Waals surface area contributed by atoms with Crippen molar-refractivity contribution in [3.05, 3.63) is 0 Å². The molecule has 3 saturated carbocycles. The number of carbonyl (C=O) groups is 1. The van der Waals surface area contributed by atoms with Crippen LogP contribution in [0.5, 0.6) is 0 Å². The minimum atomic E-state index is -0.855. The first-order valence-electron chi connectivity index (χ1n) is 10.8. The Balaban J connectivity index is 1.62. The fraction of sp³-hybridized carbons (Fsp3) is 0.870. The van der Waals surface area contributed by atoms with Gasteiger partial charge in [0.1, 0.15) is 5.60 Å². The number of hydrogen-bond donors (Lipinski definition) is 1. The van der Waals surface area contributed by atoms with Gasteiger partial charge in [-0.25, -0.2) is 0 Å². The van der Waals surface area contributed by atoms with Crippen molar-refractivity contribution in [2.75, 3.05) is 12.9 Å². The summed E-state index contributed by atoms with van der Waals surface area (Å²) in [6.07, 6.45) is 8.77. The molecule has 1 heterocycles. The Morgan fingerprint density at radius 2 is 1.89 bits per heavy atom. The summed E-state index contributed by atoms with van der Waals surface area (Å²) >= 11 is 5.79. The molecule has 7 atom stereocenters. The number of rotatable bonds is 1. The third-order valence-corrected chi connectivity index (χ3v) is 9.41. The maximum absolute atomic E-state index is 12.3. The standard InChI is InChI=1S/C23H34ClNO2/c1-21-12-10-20(26)25(3)19(21)7-6-16-17(21)8-13-22(2)18(16)9-14-23(22,27)11-4-5-15-24/h16-19,27H,5-10,12-15H2,1-3H3/t16?,17?,18?,19?,21-,22+,23+/m1/s1. The lowest BCUT2D eigenvalue weighted by Gasteiger charge is -2.62. The highest BCUT2D eigenvalue weighted by Gasteiger charge is 2.64. The van der Waals surface area contributed by atoms with Crippen LogP contribution in [0.25, 0.3) is 0 Å². The van der Waals surface area contributed by atoms with Crippen molar-refractivity contribution in [3.8, 4) is 11.8 Å². The van der Waals surface area contributed by atoms with Gasteiger partial charge in [-0.3, -0.25) is 4.79 Å². The average molecular weight is 392 g/mol.